The molecule has 0 spiro atoms. The number of nitrogens with one attached hydrogen (secondary N) is 2. The van der Waals surface area contributed by atoms with Gasteiger partial charge in [0.25, 0.3) is 0 Å². The minimum Gasteiger partial charge on any atom is -0.383 e. The van der Waals surface area contributed by atoms with Crippen molar-refractivity contribution in [1.29, 1.82) is 0 Å². The molecule has 1 unspecified atom stereocenters. The molecule has 0 aromatic rings. The molecule has 1 heterocycles. The van der Waals surface area contributed by atoms with E-state index >= 15 is 0 Å². The van der Waals surface area contributed by atoms with Gasteiger partial charge in [-0.2, -0.15) is 0 Å². The predicted octanol–water partition coefficient (Wildman–Crippen LogP) is -0.474. The summed E-state index contributed by atoms with van der Waals surface area (Å²) >= 11 is 0. The lowest BCUT2D eigenvalue weighted by Gasteiger charge is -2.16. The number of likely N-dealkylation sites (tertiary alicyclic amines) is 1. The highest BCUT2D eigenvalue weighted by atomic mass is 16.5. The molecule has 4 N–H and O–H groups in total. The minimum absolute atomic E-state index is 0.196. The summed E-state index contributed by atoms with van der Waals surface area (Å²) in [5.74, 6) is 6.05. The third-order valence-electron chi connectivity index (χ3n) is 2.82. The molecule has 0 amide bonds. The molecule has 1 fully saturated rings. The van der Waals surface area contributed by atoms with Crippen LogP contribution in [-0.4, -0.2) is 56.8 Å². The van der Waals surface area contributed by atoms with Crippen LogP contribution in [0.3, 0.4) is 0 Å². The molecule has 0 radical (unpaired) electrons. The van der Waals surface area contributed by atoms with Crippen molar-refractivity contribution in [3.63, 3.8) is 0 Å². The van der Waals surface area contributed by atoms with Gasteiger partial charge >= 0.3 is 0 Å². The Morgan fingerprint density at radius 1 is 1.47 bits per heavy atom. The number of methoxy groups -OCH3 is 1. The van der Waals surface area contributed by atoms with E-state index in [1.165, 1.54) is 25.9 Å². The zero-order valence-electron chi connectivity index (χ0n) is 10.9. The highest BCUT2D eigenvalue weighted by Gasteiger charge is 2.10. The van der Waals surface area contributed by atoms with Crippen LogP contribution in [0.25, 0.3) is 0 Å². The Kier molecular flexibility index (Phi) is 6.91. The van der Waals surface area contributed by atoms with Crippen LogP contribution in [0.5, 0.6) is 0 Å². The van der Waals surface area contributed by atoms with Gasteiger partial charge in [-0.15, -0.1) is 0 Å². The summed E-state index contributed by atoms with van der Waals surface area (Å²) in [4.78, 5) is 6.83. The van der Waals surface area contributed by atoms with Crippen molar-refractivity contribution in [2.24, 2.45) is 10.8 Å². The van der Waals surface area contributed by atoms with Crippen LogP contribution in [0.2, 0.25) is 0 Å². The lowest BCUT2D eigenvalue weighted by Crippen LogP contribution is -2.47. The predicted molar refractivity (Wildman–Crippen MR) is 69.8 cm³/mol. The Labute approximate surface area is 104 Å². The summed E-state index contributed by atoms with van der Waals surface area (Å²) in [6.07, 6.45) is 2.63. The molecule has 1 atom stereocenters. The molecule has 0 saturated carbocycles. The van der Waals surface area contributed by atoms with Crippen molar-refractivity contribution in [2.45, 2.75) is 25.8 Å². The number of ether oxygens (including phenoxy) is 1. The number of nitrogens with zero attached hydrogens (tertiary/aromatic N) is 2. The largest absolute Gasteiger partial charge is 0.383 e. The van der Waals surface area contributed by atoms with Crippen molar-refractivity contribution < 1.29 is 4.74 Å². The second kappa shape index (κ2) is 8.27. The van der Waals surface area contributed by atoms with E-state index in [9.17, 15) is 0 Å². The second-order valence-corrected chi connectivity index (χ2v) is 4.42. The molecule has 1 saturated heterocycles. The van der Waals surface area contributed by atoms with Crippen molar-refractivity contribution >= 4 is 5.96 Å². The number of guanidine groups is 1. The van der Waals surface area contributed by atoms with Crippen LogP contribution in [0.4, 0.5) is 0 Å². The fraction of sp³-hybridized carbons (Fsp3) is 0.909. The maximum Gasteiger partial charge on any atom is 0.206 e. The van der Waals surface area contributed by atoms with Gasteiger partial charge in [0.1, 0.15) is 0 Å². The van der Waals surface area contributed by atoms with Gasteiger partial charge in [-0.1, -0.05) is 0 Å². The van der Waals surface area contributed by atoms with Crippen LogP contribution in [0.1, 0.15) is 19.8 Å². The molecule has 100 valence electrons. The van der Waals surface area contributed by atoms with Gasteiger partial charge in [0, 0.05) is 19.7 Å². The Morgan fingerprint density at radius 3 is 2.76 bits per heavy atom. The number of nitrogens with two attached hydrogens (primary N) is 1. The van der Waals surface area contributed by atoms with E-state index in [-0.39, 0.29) is 6.04 Å². The van der Waals surface area contributed by atoms with Gasteiger partial charge in [-0.25, -0.2) is 5.84 Å². The highest BCUT2D eigenvalue weighted by Crippen LogP contribution is 2.05. The van der Waals surface area contributed by atoms with Crippen LogP contribution >= 0.6 is 0 Å². The SMILES string of the molecule is COCC(C)NC(=NCCN1CCCC1)NN. The van der Waals surface area contributed by atoms with E-state index in [2.05, 4.69) is 20.6 Å². The maximum atomic E-state index is 5.41. The molecule has 6 nitrogen and oxygen atoms in total. The van der Waals surface area contributed by atoms with Crippen LogP contribution < -0.4 is 16.6 Å². The minimum atomic E-state index is 0.196. The Hall–Kier alpha value is -0.850. The van der Waals surface area contributed by atoms with Crippen molar-refractivity contribution in [1.82, 2.24) is 15.6 Å². The van der Waals surface area contributed by atoms with Gasteiger partial charge in [0.05, 0.1) is 13.2 Å². The standard InChI is InChI=1S/C11H25N5O/c1-10(9-17-2)14-11(15-12)13-5-8-16-6-3-4-7-16/h10H,3-9,12H2,1-2H3,(H2,13,14,15). The van der Waals surface area contributed by atoms with E-state index in [1.807, 2.05) is 6.92 Å². The molecule has 6 heteroatoms. The van der Waals surface area contributed by atoms with Crippen molar-refractivity contribution in [3.8, 4) is 0 Å². The third kappa shape index (κ3) is 5.86. The van der Waals surface area contributed by atoms with Gasteiger partial charge in [0.2, 0.25) is 5.96 Å². The number of hydrazine groups is 1. The molecular formula is C11H25N5O. The molecule has 1 aliphatic rings. The summed E-state index contributed by atoms with van der Waals surface area (Å²) in [5.41, 5.74) is 2.58. The summed E-state index contributed by atoms with van der Waals surface area (Å²) in [6, 6.07) is 0.196. The van der Waals surface area contributed by atoms with E-state index < -0.39 is 0 Å². The number of rotatable bonds is 6. The molecule has 0 aromatic carbocycles. The first-order valence-corrected chi connectivity index (χ1v) is 6.25. The van der Waals surface area contributed by atoms with Gasteiger partial charge < -0.3 is 15.0 Å². The topological polar surface area (TPSA) is 74.9 Å². The van der Waals surface area contributed by atoms with Gasteiger partial charge in [-0.05, 0) is 32.9 Å². The van der Waals surface area contributed by atoms with E-state index in [1.54, 1.807) is 7.11 Å². The fourth-order valence-electron chi connectivity index (χ4n) is 1.97. The van der Waals surface area contributed by atoms with E-state index in [4.69, 9.17) is 10.6 Å². The molecule has 0 bridgehead atoms. The maximum absolute atomic E-state index is 5.41. The van der Waals surface area contributed by atoms with Crippen LogP contribution in [0, 0.1) is 0 Å². The summed E-state index contributed by atoms with van der Waals surface area (Å²) in [5, 5.41) is 3.16. The van der Waals surface area contributed by atoms with Crippen molar-refractivity contribution in [3.05, 3.63) is 0 Å². The van der Waals surface area contributed by atoms with Crippen molar-refractivity contribution in [2.75, 3.05) is 39.9 Å². The highest BCUT2D eigenvalue weighted by molar-refractivity contribution is 5.79. The second-order valence-electron chi connectivity index (χ2n) is 4.42. The lowest BCUT2D eigenvalue weighted by molar-refractivity contribution is 0.179. The van der Waals surface area contributed by atoms with Crippen LogP contribution in [-0.2, 0) is 4.74 Å². The first-order chi connectivity index (χ1) is 8.26. The molecule has 17 heavy (non-hydrogen) atoms. The van der Waals surface area contributed by atoms with E-state index in [0.717, 1.165) is 13.1 Å². The molecule has 1 aliphatic heterocycles. The summed E-state index contributed by atoms with van der Waals surface area (Å²) < 4.78 is 5.04. The quantitative estimate of drug-likeness (QED) is 0.254. The lowest BCUT2D eigenvalue weighted by atomic mass is 10.4. The summed E-state index contributed by atoms with van der Waals surface area (Å²) in [7, 11) is 1.68. The van der Waals surface area contributed by atoms with Crippen LogP contribution in [0.15, 0.2) is 4.99 Å². The average molecular weight is 243 g/mol. The first kappa shape index (κ1) is 14.2. The molecular weight excluding hydrogens is 218 g/mol. The average Bonchev–Trinajstić information content (AvgIpc) is 2.81. The Morgan fingerprint density at radius 2 is 2.18 bits per heavy atom. The Bertz CT molecular complexity index is 228. The Balaban J connectivity index is 2.22. The molecule has 0 aromatic heterocycles. The number of hydrogen-bond acceptors (Lipinski definition) is 4. The number of hydrogen-bond donors (Lipinski definition) is 3. The smallest absolute Gasteiger partial charge is 0.206 e. The summed E-state index contributed by atoms with van der Waals surface area (Å²) in [6.45, 7) is 6.84. The molecule has 0 aliphatic carbocycles. The molecule has 1 rings (SSSR count). The van der Waals surface area contributed by atoms with Gasteiger partial charge in [0.15, 0.2) is 0 Å². The number of aliphatic imine (C=N–C) groups is 1. The third-order valence-corrected chi connectivity index (χ3v) is 2.82. The van der Waals surface area contributed by atoms with Gasteiger partial charge in [-0.3, -0.25) is 10.4 Å². The van der Waals surface area contributed by atoms with E-state index in [0.29, 0.717) is 12.6 Å². The monoisotopic (exact) mass is 243 g/mol. The first-order valence-electron chi connectivity index (χ1n) is 6.25. The zero-order valence-corrected chi connectivity index (χ0v) is 10.9. The zero-order chi connectivity index (χ0) is 12.5. The fourth-order valence-corrected chi connectivity index (χ4v) is 1.97. The normalized spacial score (nSPS) is 19.4.